The molecule has 0 atom stereocenters. The highest BCUT2D eigenvalue weighted by molar-refractivity contribution is 5.89. The van der Waals surface area contributed by atoms with Crippen molar-refractivity contribution in [2.45, 2.75) is 6.42 Å². The lowest BCUT2D eigenvalue weighted by Crippen LogP contribution is -2.04. The van der Waals surface area contributed by atoms with E-state index in [4.69, 9.17) is 4.74 Å². The maximum absolute atomic E-state index is 11.4. The normalized spacial score (nSPS) is 9.47. The molecule has 0 unspecified atom stereocenters. The second-order valence-corrected chi connectivity index (χ2v) is 3.41. The van der Waals surface area contributed by atoms with Crippen molar-refractivity contribution in [2.75, 3.05) is 13.7 Å². The fourth-order valence-electron chi connectivity index (χ4n) is 1.43. The summed E-state index contributed by atoms with van der Waals surface area (Å²) in [7, 11) is 1.36. The third kappa shape index (κ3) is 3.48. The summed E-state index contributed by atoms with van der Waals surface area (Å²) in [5, 5.41) is 0. The molecule has 3 heteroatoms. The summed E-state index contributed by atoms with van der Waals surface area (Å²) in [6.45, 7) is 7.70. The van der Waals surface area contributed by atoms with Crippen molar-refractivity contribution >= 4 is 5.97 Å². The van der Waals surface area contributed by atoms with Crippen LogP contribution in [0.5, 0.6) is 5.75 Å². The molecule has 0 aliphatic carbocycles. The van der Waals surface area contributed by atoms with E-state index in [1.165, 1.54) is 7.11 Å². The molecule has 0 N–H and O–H groups in total. The summed E-state index contributed by atoms with van der Waals surface area (Å²) >= 11 is 0. The van der Waals surface area contributed by atoms with Gasteiger partial charge < -0.3 is 9.47 Å². The Labute approximate surface area is 101 Å². The standard InChI is InChI=1S/C14H16O3/c1-4-6-11-10-12(14(15)16-3)7-8-13(11)17-9-5-2/h4-5,7-8,10H,1-2,6,9H2,3H3. The smallest absolute Gasteiger partial charge is 0.337 e. The van der Waals surface area contributed by atoms with Gasteiger partial charge in [0.1, 0.15) is 12.4 Å². The Hall–Kier alpha value is -2.03. The topological polar surface area (TPSA) is 35.5 Å². The molecular formula is C14H16O3. The van der Waals surface area contributed by atoms with Crippen LogP contribution in [0.1, 0.15) is 15.9 Å². The quantitative estimate of drug-likeness (QED) is 0.559. The van der Waals surface area contributed by atoms with Gasteiger partial charge in [-0.15, -0.1) is 6.58 Å². The molecule has 0 heterocycles. The van der Waals surface area contributed by atoms with Gasteiger partial charge in [-0.2, -0.15) is 0 Å². The maximum Gasteiger partial charge on any atom is 0.337 e. The third-order valence-electron chi connectivity index (χ3n) is 2.20. The molecule has 0 spiro atoms. The molecule has 0 bridgehead atoms. The molecule has 0 radical (unpaired) electrons. The second-order valence-electron chi connectivity index (χ2n) is 3.41. The fourth-order valence-corrected chi connectivity index (χ4v) is 1.43. The molecule has 0 amide bonds. The molecule has 0 fully saturated rings. The largest absolute Gasteiger partial charge is 0.489 e. The van der Waals surface area contributed by atoms with Crippen LogP contribution in [0.3, 0.4) is 0 Å². The van der Waals surface area contributed by atoms with Gasteiger partial charge in [0, 0.05) is 0 Å². The average Bonchev–Trinajstić information content (AvgIpc) is 2.36. The Morgan fingerprint density at radius 3 is 2.71 bits per heavy atom. The number of benzene rings is 1. The van der Waals surface area contributed by atoms with Crippen molar-refractivity contribution in [1.82, 2.24) is 0 Å². The van der Waals surface area contributed by atoms with Gasteiger partial charge in [0.15, 0.2) is 0 Å². The molecule has 3 nitrogen and oxygen atoms in total. The summed E-state index contributed by atoms with van der Waals surface area (Å²) in [6.07, 6.45) is 4.07. The minimum atomic E-state index is -0.356. The molecule has 0 aliphatic heterocycles. The van der Waals surface area contributed by atoms with E-state index in [1.807, 2.05) is 0 Å². The minimum absolute atomic E-state index is 0.356. The minimum Gasteiger partial charge on any atom is -0.489 e. The Kier molecular flexibility index (Phi) is 5.01. The number of ether oxygens (including phenoxy) is 2. The Morgan fingerprint density at radius 2 is 2.12 bits per heavy atom. The Bertz CT molecular complexity index is 421. The van der Waals surface area contributed by atoms with Crippen molar-refractivity contribution in [1.29, 1.82) is 0 Å². The first-order valence-corrected chi connectivity index (χ1v) is 5.28. The molecular weight excluding hydrogens is 216 g/mol. The molecule has 0 aromatic heterocycles. The van der Waals surface area contributed by atoms with Crippen molar-refractivity contribution in [3.8, 4) is 5.75 Å². The van der Waals surface area contributed by atoms with Crippen LogP contribution in [0.15, 0.2) is 43.5 Å². The summed E-state index contributed by atoms with van der Waals surface area (Å²) in [4.78, 5) is 11.4. The predicted octanol–water partition coefficient (Wildman–Crippen LogP) is 2.77. The highest BCUT2D eigenvalue weighted by Gasteiger charge is 2.09. The zero-order valence-corrected chi connectivity index (χ0v) is 9.94. The third-order valence-corrected chi connectivity index (χ3v) is 2.20. The van der Waals surface area contributed by atoms with Crippen LogP contribution in [0, 0.1) is 0 Å². The zero-order chi connectivity index (χ0) is 12.7. The molecule has 0 saturated carbocycles. The van der Waals surface area contributed by atoms with Crippen LogP contribution in [-0.4, -0.2) is 19.7 Å². The maximum atomic E-state index is 11.4. The Morgan fingerprint density at radius 1 is 1.35 bits per heavy atom. The summed E-state index contributed by atoms with van der Waals surface area (Å²) < 4.78 is 10.2. The van der Waals surface area contributed by atoms with Gasteiger partial charge in [0.25, 0.3) is 0 Å². The lowest BCUT2D eigenvalue weighted by atomic mass is 10.1. The van der Waals surface area contributed by atoms with Crippen molar-refractivity contribution in [3.63, 3.8) is 0 Å². The van der Waals surface area contributed by atoms with E-state index < -0.39 is 0 Å². The first kappa shape index (κ1) is 13.0. The number of hydrogen-bond donors (Lipinski definition) is 0. The van der Waals surface area contributed by atoms with Crippen molar-refractivity contribution in [3.05, 3.63) is 54.6 Å². The number of hydrogen-bond acceptors (Lipinski definition) is 3. The van der Waals surface area contributed by atoms with Crippen LogP contribution in [0.25, 0.3) is 0 Å². The van der Waals surface area contributed by atoms with Gasteiger partial charge in [0.2, 0.25) is 0 Å². The molecule has 0 saturated heterocycles. The lowest BCUT2D eigenvalue weighted by Gasteiger charge is -2.10. The molecule has 1 aromatic carbocycles. The highest BCUT2D eigenvalue weighted by Crippen LogP contribution is 2.21. The van der Waals surface area contributed by atoms with E-state index in [0.717, 1.165) is 11.3 Å². The first-order chi connectivity index (χ1) is 8.22. The number of carbonyl (C=O) groups excluding carboxylic acids is 1. The van der Waals surface area contributed by atoms with Gasteiger partial charge in [-0.05, 0) is 30.2 Å². The van der Waals surface area contributed by atoms with E-state index in [0.29, 0.717) is 18.6 Å². The summed E-state index contributed by atoms with van der Waals surface area (Å²) in [6, 6.07) is 5.19. The van der Waals surface area contributed by atoms with Gasteiger partial charge in [-0.1, -0.05) is 18.7 Å². The van der Waals surface area contributed by atoms with E-state index in [9.17, 15) is 4.79 Å². The highest BCUT2D eigenvalue weighted by atomic mass is 16.5. The van der Waals surface area contributed by atoms with E-state index >= 15 is 0 Å². The van der Waals surface area contributed by atoms with Gasteiger partial charge in [-0.25, -0.2) is 4.79 Å². The molecule has 1 rings (SSSR count). The van der Waals surface area contributed by atoms with Gasteiger partial charge in [0.05, 0.1) is 12.7 Å². The summed E-state index contributed by atoms with van der Waals surface area (Å²) in [5.74, 6) is 0.378. The van der Waals surface area contributed by atoms with Gasteiger partial charge in [-0.3, -0.25) is 0 Å². The average molecular weight is 232 g/mol. The number of esters is 1. The van der Waals surface area contributed by atoms with E-state index in [-0.39, 0.29) is 5.97 Å². The van der Waals surface area contributed by atoms with Crippen LogP contribution in [-0.2, 0) is 11.2 Å². The Balaban J connectivity index is 3.02. The molecule has 90 valence electrons. The van der Waals surface area contributed by atoms with E-state index in [1.54, 1.807) is 30.4 Å². The van der Waals surface area contributed by atoms with Crippen molar-refractivity contribution < 1.29 is 14.3 Å². The SMILES string of the molecule is C=CCOc1ccc(C(=O)OC)cc1CC=C. The lowest BCUT2D eigenvalue weighted by molar-refractivity contribution is 0.0600. The fraction of sp³-hybridized carbons (Fsp3) is 0.214. The summed E-state index contributed by atoms with van der Waals surface area (Å²) in [5.41, 5.74) is 1.42. The van der Waals surface area contributed by atoms with Crippen LogP contribution in [0.2, 0.25) is 0 Å². The second kappa shape index (κ2) is 6.53. The van der Waals surface area contributed by atoms with Crippen LogP contribution < -0.4 is 4.74 Å². The number of rotatable bonds is 6. The number of methoxy groups -OCH3 is 1. The molecule has 17 heavy (non-hydrogen) atoms. The van der Waals surface area contributed by atoms with Crippen molar-refractivity contribution in [2.24, 2.45) is 0 Å². The van der Waals surface area contributed by atoms with Gasteiger partial charge >= 0.3 is 5.97 Å². The molecule has 0 aliphatic rings. The number of carbonyl (C=O) groups is 1. The number of allylic oxidation sites excluding steroid dienone is 1. The zero-order valence-electron chi connectivity index (χ0n) is 9.94. The van der Waals surface area contributed by atoms with Crippen LogP contribution >= 0.6 is 0 Å². The van der Waals surface area contributed by atoms with E-state index in [2.05, 4.69) is 17.9 Å². The van der Waals surface area contributed by atoms with Crippen LogP contribution in [0.4, 0.5) is 0 Å². The monoisotopic (exact) mass is 232 g/mol. The predicted molar refractivity (Wildman–Crippen MR) is 67.4 cm³/mol. The molecule has 1 aromatic rings. The first-order valence-electron chi connectivity index (χ1n) is 5.28.